The number of rotatable bonds is 6. The summed E-state index contributed by atoms with van der Waals surface area (Å²) >= 11 is 0. The van der Waals surface area contributed by atoms with Gasteiger partial charge >= 0.3 is 7.60 Å². The van der Waals surface area contributed by atoms with E-state index in [4.69, 9.17) is 4.52 Å². The molecule has 0 radical (unpaired) electrons. The predicted molar refractivity (Wildman–Crippen MR) is 67.7 cm³/mol. The van der Waals surface area contributed by atoms with Gasteiger partial charge in [-0.05, 0) is 24.6 Å². The zero-order valence-corrected chi connectivity index (χ0v) is 10.8. The first-order valence-electron chi connectivity index (χ1n) is 5.25. The molecule has 0 aliphatic heterocycles. The summed E-state index contributed by atoms with van der Waals surface area (Å²) in [5, 5.41) is 9.54. The zero-order chi connectivity index (χ0) is 13.8. The minimum atomic E-state index is -4.01. The molecule has 0 saturated heterocycles. The summed E-state index contributed by atoms with van der Waals surface area (Å²) in [6, 6.07) is 7.76. The van der Waals surface area contributed by atoms with E-state index in [0.29, 0.717) is 0 Å². The van der Waals surface area contributed by atoms with E-state index < -0.39 is 26.1 Å². The largest absolute Gasteiger partial charge is 0.382 e. The highest BCUT2D eigenvalue weighted by atomic mass is 31.2. The molecule has 18 heavy (non-hydrogen) atoms. The Hall–Kier alpha value is -1.26. The molecule has 2 atom stereocenters. The van der Waals surface area contributed by atoms with Crippen molar-refractivity contribution in [3.8, 4) is 0 Å². The highest BCUT2D eigenvalue weighted by molar-refractivity contribution is 7.61. The van der Waals surface area contributed by atoms with Crippen LogP contribution in [-0.2, 0) is 13.9 Å². The fourth-order valence-electron chi connectivity index (χ4n) is 1.22. The predicted octanol–water partition coefficient (Wildman–Crippen LogP) is 1.02. The number of hydrogen-bond donors (Lipinski definition) is 2. The third kappa shape index (κ3) is 3.89. The lowest BCUT2D eigenvalue weighted by atomic mass is 10.1. The van der Waals surface area contributed by atoms with Crippen LogP contribution in [0.3, 0.4) is 0 Å². The van der Waals surface area contributed by atoms with Crippen molar-refractivity contribution in [3.05, 3.63) is 42.5 Å². The number of benzene rings is 1. The highest BCUT2D eigenvalue weighted by Crippen LogP contribution is 2.40. The van der Waals surface area contributed by atoms with Gasteiger partial charge in [0.2, 0.25) is 0 Å². The average molecular weight is 270 g/mol. The van der Waals surface area contributed by atoms with Crippen molar-refractivity contribution >= 4 is 18.7 Å². The second kappa shape index (κ2) is 6.07. The van der Waals surface area contributed by atoms with Gasteiger partial charge in [0, 0.05) is 0 Å². The van der Waals surface area contributed by atoms with Gasteiger partial charge in [-0.1, -0.05) is 24.8 Å². The number of aliphatic hydroxyl groups is 1. The van der Waals surface area contributed by atoms with Crippen LogP contribution in [-0.4, -0.2) is 28.5 Å². The molecule has 0 aliphatic carbocycles. The minimum absolute atomic E-state index is 0.111. The summed E-state index contributed by atoms with van der Waals surface area (Å²) in [7, 11) is -4.01. The average Bonchev–Trinajstić information content (AvgIpc) is 2.36. The van der Waals surface area contributed by atoms with Crippen molar-refractivity contribution in [2.75, 3.05) is 6.61 Å². The van der Waals surface area contributed by atoms with Crippen LogP contribution >= 0.6 is 7.60 Å². The van der Waals surface area contributed by atoms with E-state index >= 15 is 0 Å². The van der Waals surface area contributed by atoms with Crippen molar-refractivity contribution in [1.29, 1.82) is 0 Å². The first kappa shape index (κ1) is 14.8. The van der Waals surface area contributed by atoms with Crippen LogP contribution < -0.4 is 5.30 Å². The summed E-state index contributed by atoms with van der Waals surface area (Å²) in [5.74, 6) is -0.608. The van der Waals surface area contributed by atoms with Crippen LogP contribution in [0.5, 0.6) is 0 Å². The molecule has 2 unspecified atom stereocenters. The van der Waals surface area contributed by atoms with Crippen LogP contribution in [0.1, 0.15) is 6.92 Å². The Morgan fingerprint density at radius 1 is 1.44 bits per heavy atom. The molecule has 98 valence electrons. The van der Waals surface area contributed by atoms with E-state index in [0.717, 1.165) is 0 Å². The van der Waals surface area contributed by atoms with Gasteiger partial charge in [0.15, 0.2) is 5.78 Å². The second-order valence-corrected chi connectivity index (χ2v) is 5.63. The maximum absolute atomic E-state index is 11.8. The molecule has 0 saturated carbocycles. The van der Waals surface area contributed by atoms with Gasteiger partial charge < -0.3 is 14.5 Å². The Balaban J connectivity index is 2.66. The lowest BCUT2D eigenvalue weighted by molar-refractivity contribution is -0.124. The first-order chi connectivity index (χ1) is 8.34. The van der Waals surface area contributed by atoms with Crippen LogP contribution in [0.25, 0.3) is 0 Å². The van der Waals surface area contributed by atoms with Gasteiger partial charge in [0.05, 0.1) is 11.9 Å². The van der Waals surface area contributed by atoms with Gasteiger partial charge in [0.1, 0.15) is 6.10 Å². The number of carbonyl (C=O) groups is 1. The zero-order valence-electron chi connectivity index (χ0n) is 9.94. The number of hydrogen-bond acceptors (Lipinski definition) is 4. The fourth-order valence-corrected chi connectivity index (χ4v) is 2.26. The van der Waals surface area contributed by atoms with Crippen LogP contribution in [0.2, 0.25) is 0 Å². The monoisotopic (exact) mass is 270 g/mol. The normalized spacial score (nSPS) is 15.7. The molecule has 0 heterocycles. The second-order valence-electron chi connectivity index (χ2n) is 3.81. The Morgan fingerprint density at radius 2 is 2.00 bits per heavy atom. The summed E-state index contributed by atoms with van der Waals surface area (Å²) in [5.41, 5.74) is 0.165. The fraction of sp³-hybridized carbons (Fsp3) is 0.250. The Kier molecular flexibility index (Phi) is 4.99. The Labute approximate surface area is 105 Å². The van der Waals surface area contributed by atoms with Gasteiger partial charge in [0.25, 0.3) is 0 Å². The molecule has 1 aromatic rings. The topological polar surface area (TPSA) is 83.8 Å². The molecule has 0 aliphatic rings. The molecule has 5 nitrogen and oxygen atoms in total. The number of Topliss-reactive ketones (excluding diaryl/α,β-unsaturated/α-hetero) is 1. The van der Waals surface area contributed by atoms with Gasteiger partial charge in [-0.25, -0.2) is 0 Å². The van der Waals surface area contributed by atoms with Gasteiger partial charge in [-0.3, -0.25) is 9.36 Å². The van der Waals surface area contributed by atoms with Gasteiger partial charge in [-0.2, -0.15) is 0 Å². The molecular formula is C12H15O5P. The first-order valence-corrected chi connectivity index (χ1v) is 6.83. The van der Waals surface area contributed by atoms with E-state index in [1.807, 2.05) is 0 Å². The molecule has 0 spiro atoms. The van der Waals surface area contributed by atoms with Crippen molar-refractivity contribution in [2.45, 2.75) is 13.0 Å². The van der Waals surface area contributed by atoms with Crippen molar-refractivity contribution < 1.29 is 23.9 Å². The highest BCUT2D eigenvalue weighted by Gasteiger charge is 2.25. The van der Waals surface area contributed by atoms with Gasteiger partial charge in [-0.15, -0.1) is 0 Å². The summed E-state index contributed by atoms with van der Waals surface area (Å²) < 4.78 is 16.5. The maximum atomic E-state index is 11.8. The summed E-state index contributed by atoms with van der Waals surface area (Å²) in [6.45, 7) is 4.28. The maximum Gasteiger partial charge on any atom is 0.358 e. The smallest absolute Gasteiger partial charge is 0.358 e. The Morgan fingerprint density at radius 3 is 2.50 bits per heavy atom. The number of aliphatic hydroxyl groups excluding tert-OH is 1. The van der Waals surface area contributed by atoms with Crippen molar-refractivity contribution in [1.82, 2.24) is 0 Å². The molecule has 2 N–H and O–H groups in total. The molecule has 6 heteroatoms. The minimum Gasteiger partial charge on any atom is -0.382 e. The molecule has 1 aromatic carbocycles. The third-order valence-corrected chi connectivity index (χ3v) is 3.66. The lowest BCUT2D eigenvalue weighted by Gasteiger charge is -2.14. The molecule has 0 bridgehead atoms. The third-order valence-electron chi connectivity index (χ3n) is 2.21. The van der Waals surface area contributed by atoms with E-state index in [1.165, 1.54) is 19.1 Å². The molecule has 0 aromatic heterocycles. The SMILES string of the molecule is C=C(C)C(=O)C(O)COP(=O)(O)c1ccccc1. The van der Waals surface area contributed by atoms with Crippen molar-refractivity contribution in [2.24, 2.45) is 0 Å². The van der Waals surface area contributed by atoms with Crippen molar-refractivity contribution in [3.63, 3.8) is 0 Å². The molecular weight excluding hydrogens is 255 g/mol. The number of carbonyl (C=O) groups excluding carboxylic acids is 1. The standard InChI is InChI=1S/C12H15O5P/c1-9(2)12(14)11(13)8-17-18(15,16)10-6-4-3-5-7-10/h3-7,11,13H,1,8H2,2H3,(H,15,16). The van der Waals surface area contributed by atoms with Crippen LogP contribution in [0.15, 0.2) is 42.5 Å². The summed E-state index contributed by atoms with van der Waals surface area (Å²) in [4.78, 5) is 20.9. The van der Waals surface area contributed by atoms with E-state index in [2.05, 4.69) is 6.58 Å². The van der Waals surface area contributed by atoms with E-state index in [-0.39, 0.29) is 10.9 Å². The summed E-state index contributed by atoms with van der Waals surface area (Å²) in [6.07, 6.45) is -1.48. The number of ketones is 1. The quantitative estimate of drug-likeness (QED) is 0.595. The van der Waals surface area contributed by atoms with E-state index in [1.54, 1.807) is 18.2 Å². The lowest BCUT2D eigenvalue weighted by Crippen LogP contribution is -2.26. The van der Waals surface area contributed by atoms with Crippen LogP contribution in [0.4, 0.5) is 0 Å². The van der Waals surface area contributed by atoms with Crippen LogP contribution in [0, 0.1) is 0 Å². The Bertz CT molecular complexity index is 483. The molecule has 0 fully saturated rings. The molecule has 0 amide bonds. The molecule has 1 rings (SSSR count). The van der Waals surface area contributed by atoms with E-state index in [9.17, 15) is 19.4 Å².